The monoisotopic (exact) mass is 396 g/mol. The number of halogens is 1. The molecule has 0 unspecified atom stereocenters. The maximum Gasteiger partial charge on any atom is 0.288 e. The van der Waals surface area contributed by atoms with Crippen LogP contribution in [-0.4, -0.2) is 20.6 Å². The fraction of sp³-hybridized carbons (Fsp3) is 0.100. The minimum atomic E-state index is -0.565. The summed E-state index contributed by atoms with van der Waals surface area (Å²) in [6, 6.07) is 13.9. The van der Waals surface area contributed by atoms with E-state index < -0.39 is 4.92 Å². The highest BCUT2D eigenvalue weighted by Gasteiger charge is 2.15. The molecule has 0 saturated heterocycles. The first-order valence-corrected chi connectivity index (χ1v) is 8.79. The number of rotatable bonds is 5. The molecule has 0 radical (unpaired) electrons. The number of hydrogen-bond donors (Lipinski definition) is 1. The fourth-order valence-corrected chi connectivity index (χ4v) is 2.94. The van der Waals surface area contributed by atoms with Gasteiger partial charge in [-0.1, -0.05) is 35.9 Å². The molecule has 1 aromatic heterocycles. The molecule has 2 aromatic carbocycles. The fourth-order valence-electron chi connectivity index (χ4n) is 2.75. The zero-order valence-electron chi connectivity index (χ0n) is 15.2. The van der Waals surface area contributed by atoms with Crippen LogP contribution in [0.5, 0.6) is 0 Å². The van der Waals surface area contributed by atoms with Gasteiger partial charge in [0.1, 0.15) is 5.02 Å². The second-order valence-corrected chi connectivity index (χ2v) is 6.49. The summed E-state index contributed by atoms with van der Waals surface area (Å²) in [5.74, 6) is -0.364. The van der Waals surface area contributed by atoms with E-state index in [0.29, 0.717) is 16.9 Å². The SMILES string of the molecule is Cc1nn(-c2ccccc2)c(C)c1NC(=O)/C=C/c1ccc(Cl)c([N+](=O)[O-])c1. The molecule has 1 amide bonds. The normalized spacial score (nSPS) is 11.0. The van der Waals surface area contributed by atoms with Crippen molar-refractivity contribution in [2.75, 3.05) is 5.32 Å². The Balaban J connectivity index is 1.79. The number of nitro groups is 1. The largest absolute Gasteiger partial charge is 0.319 e. The lowest BCUT2D eigenvalue weighted by Crippen LogP contribution is -2.09. The number of nitrogens with zero attached hydrogens (tertiary/aromatic N) is 3. The van der Waals surface area contributed by atoms with Crippen molar-refractivity contribution in [3.63, 3.8) is 0 Å². The van der Waals surface area contributed by atoms with Crippen LogP contribution in [0.15, 0.2) is 54.6 Å². The van der Waals surface area contributed by atoms with Crippen molar-refractivity contribution in [3.05, 3.63) is 86.7 Å². The first kappa shape index (κ1) is 19.3. The Labute approximate surface area is 166 Å². The average Bonchev–Trinajstić information content (AvgIpc) is 2.96. The van der Waals surface area contributed by atoms with Crippen molar-refractivity contribution in [1.29, 1.82) is 0 Å². The number of amides is 1. The summed E-state index contributed by atoms with van der Waals surface area (Å²) >= 11 is 5.79. The summed E-state index contributed by atoms with van der Waals surface area (Å²) in [7, 11) is 0. The van der Waals surface area contributed by atoms with Gasteiger partial charge in [-0.2, -0.15) is 5.10 Å². The van der Waals surface area contributed by atoms with E-state index in [1.807, 2.05) is 44.2 Å². The van der Waals surface area contributed by atoms with Crippen LogP contribution in [0.25, 0.3) is 11.8 Å². The van der Waals surface area contributed by atoms with Gasteiger partial charge < -0.3 is 5.32 Å². The molecule has 3 rings (SSSR count). The molecule has 0 saturated carbocycles. The Morgan fingerprint density at radius 3 is 2.61 bits per heavy atom. The first-order valence-electron chi connectivity index (χ1n) is 8.41. The molecule has 1 N–H and O–H groups in total. The van der Waals surface area contributed by atoms with Crippen molar-refractivity contribution >= 4 is 35.0 Å². The van der Waals surface area contributed by atoms with Crippen LogP contribution < -0.4 is 5.32 Å². The molecule has 7 nitrogen and oxygen atoms in total. The number of aromatic nitrogens is 2. The van der Waals surface area contributed by atoms with Crippen LogP contribution in [0.1, 0.15) is 17.0 Å². The van der Waals surface area contributed by atoms with E-state index >= 15 is 0 Å². The highest BCUT2D eigenvalue weighted by Crippen LogP contribution is 2.26. The Morgan fingerprint density at radius 1 is 1.21 bits per heavy atom. The number of aryl methyl sites for hydroxylation is 1. The number of nitrogens with one attached hydrogen (secondary N) is 1. The van der Waals surface area contributed by atoms with Gasteiger partial charge in [-0.05, 0) is 43.7 Å². The van der Waals surface area contributed by atoms with Crippen molar-refractivity contribution in [2.24, 2.45) is 0 Å². The Morgan fingerprint density at radius 2 is 1.93 bits per heavy atom. The third-order valence-corrected chi connectivity index (χ3v) is 4.45. The van der Waals surface area contributed by atoms with Crippen LogP contribution in [0.2, 0.25) is 5.02 Å². The van der Waals surface area contributed by atoms with E-state index in [0.717, 1.165) is 11.4 Å². The molecule has 0 fully saturated rings. The molecular weight excluding hydrogens is 380 g/mol. The number of para-hydroxylation sites is 1. The standard InChI is InChI=1S/C20H17ClN4O3/c1-13-20(14(2)24(23-13)16-6-4-3-5-7-16)22-19(26)11-9-15-8-10-17(21)18(12-15)25(27)28/h3-12H,1-2H3,(H,22,26)/b11-9+. The van der Waals surface area contributed by atoms with Gasteiger partial charge in [0, 0.05) is 12.1 Å². The summed E-state index contributed by atoms with van der Waals surface area (Å²) in [6.07, 6.45) is 2.80. The van der Waals surface area contributed by atoms with Gasteiger partial charge in [-0.25, -0.2) is 4.68 Å². The molecule has 28 heavy (non-hydrogen) atoms. The molecule has 1 heterocycles. The van der Waals surface area contributed by atoms with E-state index in [1.54, 1.807) is 10.7 Å². The lowest BCUT2D eigenvalue weighted by molar-refractivity contribution is -0.384. The van der Waals surface area contributed by atoms with Gasteiger partial charge >= 0.3 is 0 Å². The predicted molar refractivity (Wildman–Crippen MR) is 109 cm³/mol. The summed E-state index contributed by atoms with van der Waals surface area (Å²) in [6.45, 7) is 3.68. The topological polar surface area (TPSA) is 90.1 Å². The van der Waals surface area contributed by atoms with Crippen molar-refractivity contribution in [1.82, 2.24) is 9.78 Å². The van der Waals surface area contributed by atoms with Gasteiger partial charge in [-0.3, -0.25) is 14.9 Å². The lowest BCUT2D eigenvalue weighted by atomic mass is 10.2. The summed E-state index contributed by atoms with van der Waals surface area (Å²) in [4.78, 5) is 22.7. The molecule has 0 spiro atoms. The van der Waals surface area contributed by atoms with E-state index in [-0.39, 0.29) is 16.6 Å². The number of anilines is 1. The van der Waals surface area contributed by atoms with E-state index in [2.05, 4.69) is 10.4 Å². The van der Waals surface area contributed by atoms with Crippen molar-refractivity contribution in [3.8, 4) is 5.69 Å². The molecule has 0 aliphatic heterocycles. The van der Waals surface area contributed by atoms with Gasteiger partial charge in [-0.15, -0.1) is 0 Å². The minimum absolute atomic E-state index is 0.0474. The number of hydrogen-bond acceptors (Lipinski definition) is 4. The third kappa shape index (κ3) is 4.10. The molecule has 3 aromatic rings. The molecule has 0 aliphatic rings. The second-order valence-electron chi connectivity index (χ2n) is 6.08. The Kier molecular flexibility index (Phi) is 5.56. The lowest BCUT2D eigenvalue weighted by Gasteiger charge is -2.05. The van der Waals surface area contributed by atoms with Crippen LogP contribution in [0, 0.1) is 24.0 Å². The summed E-state index contributed by atoms with van der Waals surface area (Å²) in [5, 5.41) is 18.3. The van der Waals surface area contributed by atoms with Crippen LogP contribution in [-0.2, 0) is 4.79 Å². The van der Waals surface area contributed by atoms with Crippen molar-refractivity contribution < 1.29 is 9.72 Å². The van der Waals surface area contributed by atoms with E-state index in [9.17, 15) is 14.9 Å². The number of carbonyl (C=O) groups is 1. The summed E-state index contributed by atoms with van der Waals surface area (Å²) < 4.78 is 1.76. The first-order chi connectivity index (χ1) is 13.4. The van der Waals surface area contributed by atoms with E-state index in [1.165, 1.54) is 24.3 Å². The number of nitro benzene ring substituents is 1. The Bertz CT molecular complexity index is 1070. The van der Waals surface area contributed by atoms with Gasteiger partial charge in [0.25, 0.3) is 5.69 Å². The van der Waals surface area contributed by atoms with Gasteiger partial charge in [0.05, 0.1) is 27.7 Å². The quantitative estimate of drug-likeness (QED) is 0.384. The predicted octanol–water partition coefficient (Wildman–Crippen LogP) is 4.70. The maximum absolute atomic E-state index is 12.3. The van der Waals surface area contributed by atoms with Crippen LogP contribution in [0.3, 0.4) is 0 Å². The molecule has 0 bridgehead atoms. The molecule has 0 atom stereocenters. The molecule has 142 valence electrons. The average molecular weight is 397 g/mol. The van der Waals surface area contributed by atoms with E-state index in [4.69, 9.17) is 11.6 Å². The second kappa shape index (κ2) is 8.06. The smallest absolute Gasteiger partial charge is 0.288 e. The van der Waals surface area contributed by atoms with Gasteiger partial charge in [0.15, 0.2) is 0 Å². The minimum Gasteiger partial charge on any atom is -0.319 e. The highest BCUT2D eigenvalue weighted by molar-refractivity contribution is 6.32. The Hall–Kier alpha value is -3.45. The van der Waals surface area contributed by atoms with Crippen molar-refractivity contribution in [2.45, 2.75) is 13.8 Å². The summed E-state index contributed by atoms with van der Waals surface area (Å²) in [5.41, 5.74) is 3.30. The number of carbonyl (C=O) groups excluding carboxylic acids is 1. The maximum atomic E-state index is 12.3. The third-order valence-electron chi connectivity index (χ3n) is 4.13. The molecule has 8 heteroatoms. The van der Waals surface area contributed by atoms with Crippen LogP contribution in [0.4, 0.5) is 11.4 Å². The number of benzene rings is 2. The zero-order valence-corrected chi connectivity index (χ0v) is 16.0. The highest BCUT2D eigenvalue weighted by atomic mass is 35.5. The van der Waals surface area contributed by atoms with Crippen LogP contribution >= 0.6 is 11.6 Å². The zero-order chi connectivity index (χ0) is 20.3. The molecular formula is C20H17ClN4O3. The van der Waals surface area contributed by atoms with Gasteiger partial charge in [0.2, 0.25) is 5.91 Å². The molecule has 0 aliphatic carbocycles.